The Kier molecular flexibility index (Phi) is 10.5. The average molecular weight is 681 g/mol. The molecule has 3 N–H and O–H groups in total. The number of pyridine rings is 2. The summed E-state index contributed by atoms with van der Waals surface area (Å²) < 4.78 is 32.0. The van der Waals surface area contributed by atoms with Crippen molar-refractivity contribution in [3.05, 3.63) is 81.7 Å². The Labute approximate surface area is 283 Å². The lowest BCUT2D eigenvalue weighted by Gasteiger charge is -2.26. The maximum atomic E-state index is 15.4. The van der Waals surface area contributed by atoms with E-state index in [1.54, 1.807) is 25.4 Å². The predicted molar refractivity (Wildman–Crippen MR) is 180 cm³/mol. The van der Waals surface area contributed by atoms with Crippen molar-refractivity contribution in [1.82, 2.24) is 25.9 Å². The summed E-state index contributed by atoms with van der Waals surface area (Å²) in [5.41, 5.74) is 4.83. The standard InChI is InChI=1S/C35H36Cl2FN5O4/c1-45-30-15-21(14-28(38)27(30)19-40-18-23-11-13-47-23)34-33(37)25(10-12-41-34)24-4-3-5-26(32(24)36)29-8-6-20(35(43-29)46-2)16-39-17-22-7-9-31(44)42-22/h3-6,8,10,12,14-15,22-23,39-40H,7,9,11,13,16-19H2,1-2H3,(H,42,44). The zero-order chi connectivity index (χ0) is 32.9. The van der Waals surface area contributed by atoms with Crippen molar-refractivity contribution in [2.24, 2.45) is 0 Å². The molecule has 1 amide bonds. The van der Waals surface area contributed by atoms with E-state index < -0.39 is 5.82 Å². The first-order valence-corrected chi connectivity index (χ1v) is 16.3. The molecule has 0 radical (unpaired) electrons. The summed E-state index contributed by atoms with van der Waals surface area (Å²) in [6.07, 6.45) is 4.17. The zero-order valence-electron chi connectivity index (χ0n) is 26.2. The molecule has 9 nitrogen and oxygen atoms in total. The minimum absolute atomic E-state index is 0.0887. The number of hydrogen-bond donors (Lipinski definition) is 3. The molecule has 246 valence electrons. The van der Waals surface area contributed by atoms with E-state index >= 15 is 4.39 Å². The predicted octanol–water partition coefficient (Wildman–Crippen LogP) is 6.19. The van der Waals surface area contributed by atoms with E-state index in [0.29, 0.717) is 93.5 Å². The summed E-state index contributed by atoms with van der Waals surface area (Å²) in [5.74, 6) is 0.538. The Morgan fingerprint density at radius 3 is 2.49 bits per heavy atom. The number of nitrogens with zero attached hydrogens (tertiary/aromatic N) is 2. The second kappa shape index (κ2) is 15.0. The van der Waals surface area contributed by atoms with Crippen molar-refractivity contribution in [3.63, 3.8) is 0 Å². The van der Waals surface area contributed by atoms with Gasteiger partial charge in [-0.05, 0) is 37.1 Å². The number of methoxy groups -OCH3 is 2. The molecule has 4 aromatic rings. The van der Waals surface area contributed by atoms with Crippen LogP contribution in [-0.4, -0.2) is 61.9 Å². The lowest BCUT2D eigenvalue weighted by Crippen LogP contribution is -2.37. The van der Waals surface area contributed by atoms with Crippen LogP contribution in [0.15, 0.2) is 54.7 Å². The lowest BCUT2D eigenvalue weighted by atomic mass is 9.99. The molecule has 2 aromatic heterocycles. The van der Waals surface area contributed by atoms with Crippen molar-refractivity contribution in [1.29, 1.82) is 0 Å². The van der Waals surface area contributed by atoms with Crippen LogP contribution < -0.4 is 25.4 Å². The van der Waals surface area contributed by atoms with Crippen molar-refractivity contribution in [2.45, 2.75) is 44.5 Å². The number of carbonyl (C=O) groups excluding carboxylic acids is 1. The van der Waals surface area contributed by atoms with Gasteiger partial charge in [-0.25, -0.2) is 9.37 Å². The van der Waals surface area contributed by atoms with Crippen molar-refractivity contribution >= 4 is 29.1 Å². The summed E-state index contributed by atoms with van der Waals surface area (Å²) in [6, 6.07) is 14.5. The van der Waals surface area contributed by atoms with Gasteiger partial charge in [0.2, 0.25) is 11.8 Å². The molecule has 2 fully saturated rings. The SMILES string of the molecule is COc1cc(-c2nccc(-c3cccc(-c4ccc(CNCC5CCC(=O)N5)c(OC)n4)c3Cl)c2Cl)cc(F)c1CNCC1CCO1. The van der Waals surface area contributed by atoms with E-state index in [0.717, 1.165) is 25.0 Å². The number of hydrogen-bond acceptors (Lipinski definition) is 8. The van der Waals surface area contributed by atoms with Crippen LogP contribution in [0.1, 0.15) is 30.4 Å². The molecule has 6 rings (SSSR count). The Balaban J connectivity index is 1.24. The molecule has 0 saturated carbocycles. The summed E-state index contributed by atoms with van der Waals surface area (Å²) in [7, 11) is 3.09. The fourth-order valence-corrected chi connectivity index (χ4v) is 6.49. The van der Waals surface area contributed by atoms with Gasteiger partial charge in [-0.2, -0.15) is 0 Å². The van der Waals surface area contributed by atoms with Crippen LogP contribution in [0.5, 0.6) is 11.6 Å². The molecule has 2 aromatic carbocycles. The van der Waals surface area contributed by atoms with Crippen molar-refractivity contribution in [2.75, 3.05) is 33.9 Å². The third kappa shape index (κ3) is 7.37. The quantitative estimate of drug-likeness (QED) is 0.154. The maximum absolute atomic E-state index is 15.4. The summed E-state index contributed by atoms with van der Waals surface area (Å²) in [4.78, 5) is 20.7. The van der Waals surface area contributed by atoms with Crippen LogP contribution in [0.25, 0.3) is 33.6 Å². The van der Waals surface area contributed by atoms with Gasteiger partial charge >= 0.3 is 0 Å². The van der Waals surface area contributed by atoms with Gasteiger partial charge in [0.25, 0.3) is 0 Å². The van der Waals surface area contributed by atoms with Gasteiger partial charge in [-0.15, -0.1) is 0 Å². The zero-order valence-corrected chi connectivity index (χ0v) is 27.7. The molecular weight excluding hydrogens is 644 g/mol. The first kappa shape index (κ1) is 33.1. The second-order valence-corrected chi connectivity index (χ2v) is 12.3. The fourth-order valence-electron chi connectivity index (χ4n) is 5.84. The van der Waals surface area contributed by atoms with Gasteiger partial charge in [-0.3, -0.25) is 9.78 Å². The molecule has 2 aliphatic heterocycles. The van der Waals surface area contributed by atoms with Gasteiger partial charge in [0.05, 0.1) is 41.8 Å². The van der Waals surface area contributed by atoms with Crippen molar-refractivity contribution < 1.29 is 23.4 Å². The van der Waals surface area contributed by atoms with E-state index in [4.69, 9.17) is 42.4 Å². The normalized spacial score (nSPS) is 17.3. The number of aromatic nitrogens is 2. The molecule has 0 aliphatic carbocycles. The molecule has 2 aliphatic rings. The van der Waals surface area contributed by atoms with Gasteiger partial charge < -0.3 is 30.2 Å². The fraction of sp³-hybridized carbons (Fsp3) is 0.343. The highest BCUT2D eigenvalue weighted by molar-refractivity contribution is 6.39. The van der Waals surface area contributed by atoms with Gasteiger partial charge in [0, 0.05) is 84.8 Å². The second-order valence-electron chi connectivity index (χ2n) is 11.5. The molecule has 4 heterocycles. The molecule has 2 unspecified atom stereocenters. The topological polar surface area (TPSA) is 107 Å². The lowest BCUT2D eigenvalue weighted by molar-refractivity contribution is -0.119. The van der Waals surface area contributed by atoms with Crippen LogP contribution >= 0.6 is 23.2 Å². The highest BCUT2D eigenvalue weighted by Crippen LogP contribution is 2.42. The summed E-state index contributed by atoms with van der Waals surface area (Å²) >= 11 is 14.0. The van der Waals surface area contributed by atoms with Crippen LogP contribution in [-0.2, 0) is 22.6 Å². The van der Waals surface area contributed by atoms with E-state index in [-0.39, 0.29) is 18.1 Å². The van der Waals surface area contributed by atoms with E-state index in [1.807, 2.05) is 30.3 Å². The van der Waals surface area contributed by atoms with Gasteiger partial charge in [0.1, 0.15) is 11.6 Å². The highest BCUT2D eigenvalue weighted by atomic mass is 35.5. The summed E-state index contributed by atoms with van der Waals surface area (Å²) in [5, 5.41) is 10.4. The number of nitrogens with one attached hydrogen (secondary N) is 3. The number of halogens is 3. The molecule has 2 atom stereocenters. The van der Waals surface area contributed by atoms with Crippen LogP contribution in [0.4, 0.5) is 4.39 Å². The third-order valence-electron chi connectivity index (χ3n) is 8.49. The minimum Gasteiger partial charge on any atom is -0.496 e. The Bertz CT molecular complexity index is 1770. The molecule has 0 bridgehead atoms. The van der Waals surface area contributed by atoms with E-state index in [9.17, 15) is 4.79 Å². The summed E-state index contributed by atoms with van der Waals surface area (Å²) in [6.45, 7) is 2.91. The highest BCUT2D eigenvalue weighted by Gasteiger charge is 2.22. The van der Waals surface area contributed by atoms with Crippen LogP contribution in [0, 0.1) is 5.82 Å². The Morgan fingerprint density at radius 1 is 0.979 bits per heavy atom. The molecular formula is C35H36Cl2FN5O4. The molecule has 47 heavy (non-hydrogen) atoms. The maximum Gasteiger partial charge on any atom is 0.220 e. The largest absolute Gasteiger partial charge is 0.496 e. The number of rotatable bonds is 13. The van der Waals surface area contributed by atoms with E-state index in [1.165, 1.54) is 13.2 Å². The van der Waals surface area contributed by atoms with Crippen molar-refractivity contribution in [3.8, 4) is 45.3 Å². The molecule has 2 saturated heterocycles. The number of benzene rings is 2. The Morgan fingerprint density at radius 2 is 1.77 bits per heavy atom. The first-order chi connectivity index (χ1) is 22.9. The number of amides is 1. The van der Waals surface area contributed by atoms with Gasteiger partial charge in [-0.1, -0.05) is 47.5 Å². The molecule has 0 spiro atoms. The smallest absolute Gasteiger partial charge is 0.220 e. The number of carbonyl (C=O) groups is 1. The number of ether oxygens (including phenoxy) is 3. The first-order valence-electron chi connectivity index (χ1n) is 15.5. The van der Waals surface area contributed by atoms with Crippen LogP contribution in [0.2, 0.25) is 10.0 Å². The van der Waals surface area contributed by atoms with E-state index in [2.05, 4.69) is 20.9 Å². The minimum atomic E-state index is -0.423. The third-order valence-corrected chi connectivity index (χ3v) is 9.28. The monoisotopic (exact) mass is 679 g/mol. The van der Waals surface area contributed by atoms with Crippen LogP contribution in [0.3, 0.4) is 0 Å². The molecule has 12 heteroatoms. The van der Waals surface area contributed by atoms with Gasteiger partial charge in [0.15, 0.2) is 0 Å². The average Bonchev–Trinajstić information content (AvgIpc) is 3.47. The Hall–Kier alpha value is -3.80.